The van der Waals surface area contributed by atoms with E-state index in [2.05, 4.69) is 4.90 Å². The van der Waals surface area contributed by atoms with E-state index in [1.807, 2.05) is 0 Å². The van der Waals surface area contributed by atoms with E-state index in [9.17, 15) is 18.0 Å². The Bertz CT molecular complexity index is 315. The average molecular weight is 277 g/mol. The molecule has 0 aromatic heterocycles. The summed E-state index contributed by atoms with van der Waals surface area (Å²) >= 11 is 0. The molecule has 5 heteroatoms. The van der Waals surface area contributed by atoms with Crippen LogP contribution in [-0.4, -0.2) is 35.5 Å². The summed E-state index contributed by atoms with van der Waals surface area (Å²) in [4.78, 5) is 14.6. The van der Waals surface area contributed by atoms with E-state index >= 15 is 0 Å². The molecule has 0 radical (unpaired) electrons. The monoisotopic (exact) mass is 277 g/mol. The molecule has 0 atom stereocenters. The summed E-state index contributed by atoms with van der Waals surface area (Å²) < 4.78 is 36.9. The third-order valence-electron chi connectivity index (χ3n) is 4.55. The lowest BCUT2D eigenvalue weighted by molar-refractivity contribution is -0.149. The number of halogens is 3. The molecule has 0 N–H and O–H groups in total. The standard InChI is InChI=1S/C14H22F3NO/c15-14(16,17)9-6-12(19)13(7-2-3-8-13)18-10-4-1-5-11-18/h1-11H2. The van der Waals surface area contributed by atoms with E-state index in [0.717, 1.165) is 51.6 Å². The van der Waals surface area contributed by atoms with Crippen LogP contribution in [0.5, 0.6) is 0 Å². The Morgan fingerprint density at radius 1 is 1.00 bits per heavy atom. The van der Waals surface area contributed by atoms with Crippen molar-refractivity contribution >= 4 is 5.78 Å². The fourth-order valence-electron chi connectivity index (χ4n) is 3.54. The SMILES string of the molecule is O=C(CCC(F)(F)F)C1(N2CCCCC2)CCCC1. The minimum Gasteiger partial charge on any atom is -0.298 e. The highest BCUT2D eigenvalue weighted by atomic mass is 19.4. The van der Waals surface area contributed by atoms with Gasteiger partial charge in [0.05, 0.1) is 12.0 Å². The van der Waals surface area contributed by atoms with Gasteiger partial charge in [0.1, 0.15) is 0 Å². The van der Waals surface area contributed by atoms with Crippen LogP contribution in [0.15, 0.2) is 0 Å². The van der Waals surface area contributed by atoms with Crippen LogP contribution in [0.3, 0.4) is 0 Å². The van der Waals surface area contributed by atoms with Crippen LogP contribution in [0.2, 0.25) is 0 Å². The molecule has 1 saturated carbocycles. The predicted octanol–water partition coefficient (Wildman–Crippen LogP) is 3.70. The molecule has 19 heavy (non-hydrogen) atoms. The van der Waals surface area contributed by atoms with Crippen molar-refractivity contribution in [3.63, 3.8) is 0 Å². The van der Waals surface area contributed by atoms with E-state index in [1.165, 1.54) is 6.42 Å². The van der Waals surface area contributed by atoms with Gasteiger partial charge < -0.3 is 0 Å². The molecule has 1 saturated heterocycles. The molecule has 0 unspecified atom stereocenters. The van der Waals surface area contributed by atoms with Gasteiger partial charge in [0, 0.05) is 6.42 Å². The highest BCUT2D eigenvalue weighted by molar-refractivity contribution is 5.88. The van der Waals surface area contributed by atoms with Crippen molar-refractivity contribution in [3.05, 3.63) is 0 Å². The van der Waals surface area contributed by atoms with Crippen molar-refractivity contribution in [3.8, 4) is 0 Å². The molecule has 2 rings (SSSR count). The normalized spacial score (nSPS) is 24.6. The van der Waals surface area contributed by atoms with Crippen LogP contribution < -0.4 is 0 Å². The van der Waals surface area contributed by atoms with Crippen LogP contribution in [0.4, 0.5) is 13.2 Å². The highest BCUT2D eigenvalue weighted by Gasteiger charge is 2.46. The molecule has 0 spiro atoms. The first-order chi connectivity index (χ1) is 8.94. The maximum atomic E-state index is 12.4. The number of hydrogen-bond donors (Lipinski definition) is 0. The van der Waals surface area contributed by atoms with Crippen molar-refractivity contribution in [1.82, 2.24) is 4.90 Å². The van der Waals surface area contributed by atoms with E-state index in [4.69, 9.17) is 0 Å². The Kier molecular flexibility index (Phi) is 4.54. The Balaban J connectivity index is 2.03. The van der Waals surface area contributed by atoms with Crippen molar-refractivity contribution < 1.29 is 18.0 Å². The van der Waals surface area contributed by atoms with Gasteiger partial charge in [0.2, 0.25) is 0 Å². The summed E-state index contributed by atoms with van der Waals surface area (Å²) in [7, 11) is 0. The zero-order valence-corrected chi connectivity index (χ0v) is 11.3. The lowest BCUT2D eigenvalue weighted by atomic mass is 9.85. The van der Waals surface area contributed by atoms with Gasteiger partial charge in [-0.15, -0.1) is 0 Å². The second-order valence-electron chi connectivity index (χ2n) is 5.82. The molecule has 2 nitrogen and oxygen atoms in total. The van der Waals surface area contributed by atoms with Crippen LogP contribution in [0.25, 0.3) is 0 Å². The van der Waals surface area contributed by atoms with Crippen LogP contribution in [0, 0.1) is 0 Å². The second kappa shape index (κ2) is 5.81. The average Bonchev–Trinajstić information content (AvgIpc) is 2.87. The number of nitrogens with zero attached hydrogens (tertiary/aromatic N) is 1. The van der Waals surface area contributed by atoms with Crippen LogP contribution >= 0.6 is 0 Å². The van der Waals surface area contributed by atoms with Crippen molar-refractivity contribution in [2.24, 2.45) is 0 Å². The third-order valence-corrected chi connectivity index (χ3v) is 4.55. The summed E-state index contributed by atoms with van der Waals surface area (Å²) in [5.41, 5.74) is -0.564. The van der Waals surface area contributed by atoms with E-state index in [-0.39, 0.29) is 12.2 Å². The first-order valence-electron chi connectivity index (χ1n) is 7.29. The summed E-state index contributed by atoms with van der Waals surface area (Å²) in [6.07, 6.45) is 1.20. The molecule has 1 aliphatic carbocycles. The molecule has 0 aromatic carbocycles. The summed E-state index contributed by atoms with van der Waals surface area (Å²) in [6.45, 7) is 1.75. The second-order valence-corrected chi connectivity index (χ2v) is 5.82. The quantitative estimate of drug-likeness (QED) is 0.781. The first kappa shape index (κ1) is 14.8. The first-order valence-corrected chi connectivity index (χ1v) is 7.29. The maximum absolute atomic E-state index is 12.4. The number of carbonyl (C=O) groups excluding carboxylic acids is 1. The molecule has 2 aliphatic rings. The van der Waals surface area contributed by atoms with Gasteiger partial charge in [0.25, 0.3) is 0 Å². The lowest BCUT2D eigenvalue weighted by Gasteiger charge is -2.42. The predicted molar refractivity (Wildman–Crippen MR) is 66.9 cm³/mol. The number of rotatable bonds is 4. The Morgan fingerprint density at radius 3 is 2.11 bits per heavy atom. The van der Waals surface area contributed by atoms with Gasteiger partial charge in [0.15, 0.2) is 5.78 Å². The van der Waals surface area contributed by atoms with Gasteiger partial charge in [-0.2, -0.15) is 13.2 Å². The number of carbonyl (C=O) groups is 1. The van der Waals surface area contributed by atoms with Crippen LogP contribution in [0.1, 0.15) is 57.8 Å². The number of likely N-dealkylation sites (tertiary alicyclic amines) is 1. The zero-order valence-electron chi connectivity index (χ0n) is 11.3. The Labute approximate surface area is 112 Å². The molecule has 0 amide bonds. The van der Waals surface area contributed by atoms with Crippen molar-refractivity contribution in [1.29, 1.82) is 0 Å². The minimum atomic E-state index is -4.22. The maximum Gasteiger partial charge on any atom is 0.389 e. The number of piperidine rings is 1. The third kappa shape index (κ3) is 3.50. The minimum absolute atomic E-state index is 0.177. The van der Waals surface area contributed by atoms with Crippen molar-refractivity contribution in [2.75, 3.05) is 13.1 Å². The van der Waals surface area contributed by atoms with Gasteiger partial charge in [-0.3, -0.25) is 9.69 Å². The molecular weight excluding hydrogens is 255 g/mol. The van der Waals surface area contributed by atoms with E-state index in [1.54, 1.807) is 0 Å². The van der Waals surface area contributed by atoms with Gasteiger partial charge in [-0.25, -0.2) is 0 Å². The van der Waals surface area contributed by atoms with Crippen molar-refractivity contribution in [2.45, 2.75) is 69.5 Å². The fraction of sp³-hybridized carbons (Fsp3) is 0.929. The smallest absolute Gasteiger partial charge is 0.298 e. The fourth-order valence-corrected chi connectivity index (χ4v) is 3.54. The van der Waals surface area contributed by atoms with Gasteiger partial charge in [-0.1, -0.05) is 19.3 Å². The molecule has 1 aliphatic heterocycles. The molecule has 2 fully saturated rings. The summed E-state index contributed by atoms with van der Waals surface area (Å²) in [5.74, 6) is -0.177. The Hall–Kier alpha value is -0.580. The number of alkyl halides is 3. The Morgan fingerprint density at radius 2 is 1.58 bits per heavy atom. The van der Waals surface area contributed by atoms with Gasteiger partial charge in [-0.05, 0) is 38.8 Å². The molecule has 1 heterocycles. The number of hydrogen-bond acceptors (Lipinski definition) is 2. The molecule has 110 valence electrons. The van der Waals surface area contributed by atoms with Gasteiger partial charge >= 0.3 is 6.18 Å². The summed E-state index contributed by atoms with van der Waals surface area (Å²) in [5, 5.41) is 0. The summed E-state index contributed by atoms with van der Waals surface area (Å²) in [6, 6.07) is 0. The van der Waals surface area contributed by atoms with E-state index in [0.29, 0.717) is 0 Å². The van der Waals surface area contributed by atoms with E-state index < -0.39 is 18.1 Å². The topological polar surface area (TPSA) is 20.3 Å². The highest BCUT2D eigenvalue weighted by Crippen LogP contribution is 2.39. The molecular formula is C14H22F3NO. The molecule has 0 aromatic rings. The van der Waals surface area contributed by atoms with Crippen LogP contribution in [-0.2, 0) is 4.79 Å². The number of Topliss-reactive ketones (excluding diaryl/α,β-unsaturated/α-hetero) is 1. The zero-order chi connectivity index (χ0) is 13.9. The number of ketones is 1. The largest absolute Gasteiger partial charge is 0.389 e. The molecule has 0 bridgehead atoms. The lowest BCUT2D eigenvalue weighted by Crippen LogP contribution is -2.54.